The van der Waals surface area contributed by atoms with Gasteiger partial charge in [-0.15, -0.1) is 11.8 Å². The lowest BCUT2D eigenvalue weighted by atomic mass is 9.91. The third-order valence-electron chi connectivity index (χ3n) is 5.37. The normalized spacial score (nSPS) is 21.7. The van der Waals surface area contributed by atoms with Crippen molar-refractivity contribution in [2.75, 3.05) is 29.2 Å². The summed E-state index contributed by atoms with van der Waals surface area (Å²) >= 11 is 8.20. The number of halogens is 1. The lowest BCUT2D eigenvalue weighted by molar-refractivity contribution is 0.379. The number of aromatic nitrogens is 2. The third-order valence-corrected chi connectivity index (χ3v) is 7.49. The predicted molar refractivity (Wildman–Crippen MR) is 127 cm³/mol. The molecule has 4 rings (SSSR count). The monoisotopic (exact) mass is 482 g/mol. The molecule has 2 aliphatic rings. The van der Waals surface area contributed by atoms with Crippen LogP contribution in [0, 0.1) is 0 Å². The zero-order valence-electron chi connectivity index (χ0n) is 17.3. The van der Waals surface area contributed by atoms with Crippen molar-refractivity contribution < 1.29 is 8.42 Å². The van der Waals surface area contributed by atoms with E-state index in [9.17, 15) is 8.42 Å². The number of rotatable bonds is 6. The first-order valence-corrected chi connectivity index (χ1v) is 13.6. The Kier molecular flexibility index (Phi) is 7.22. The number of thioether (sulfide) groups is 1. The summed E-state index contributed by atoms with van der Waals surface area (Å²) in [4.78, 5) is 10.2. The van der Waals surface area contributed by atoms with Crippen LogP contribution in [0.25, 0.3) is 0 Å². The Balaban J connectivity index is 1.50. The minimum absolute atomic E-state index is 0.0840. The van der Waals surface area contributed by atoms with Crippen LogP contribution in [0.5, 0.6) is 0 Å². The summed E-state index contributed by atoms with van der Waals surface area (Å²) in [6.45, 7) is 1.83. The van der Waals surface area contributed by atoms with Crippen molar-refractivity contribution in [1.82, 2.24) is 20.0 Å². The van der Waals surface area contributed by atoms with Crippen LogP contribution in [0.3, 0.4) is 0 Å². The van der Waals surface area contributed by atoms with Crippen LogP contribution in [0.2, 0.25) is 5.02 Å². The van der Waals surface area contributed by atoms with Crippen LogP contribution in [0.4, 0.5) is 17.5 Å². The molecule has 1 fully saturated rings. The molecule has 0 radical (unpaired) electrons. The zero-order chi connectivity index (χ0) is 21.8. The number of fused-ring (bicyclic) bond motifs is 1. The van der Waals surface area contributed by atoms with E-state index in [1.165, 1.54) is 16.7 Å². The number of anilines is 3. The number of nitrogens with zero attached hydrogens (tertiary/aromatic N) is 2. The Labute approximate surface area is 192 Å². The smallest absolute Gasteiger partial charge is 0.229 e. The van der Waals surface area contributed by atoms with Crippen molar-refractivity contribution in [2.24, 2.45) is 0 Å². The molecule has 2 atom stereocenters. The molecule has 1 aromatic heterocycles. The number of hydrogen-bond acceptors (Lipinski definition) is 8. The first-order chi connectivity index (χ1) is 14.9. The minimum atomic E-state index is -3.29. The standard InChI is InChI=1S/C20H27ClN6O2S2/c1-31(28,29)27-17-5-3-2-4-16(17)25-19-15(21)12-23-20(26-19)24-14-6-7-18-13(10-14)11-22-8-9-30-18/h6-7,10,12,16-17,22,27H,2-5,8-9,11H2,1H3,(H2,23,24,25,26)/t16-,17-/m1/s1. The molecule has 1 aromatic carbocycles. The molecule has 4 N–H and O–H groups in total. The van der Waals surface area contributed by atoms with E-state index in [1.807, 2.05) is 17.8 Å². The van der Waals surface area contributed by atoms with Crippen molar-refractivity contribution in [3.8, 4) is 0 Å². The van der Waals surface area contributed by atoms with Gasteiger partial charge in [-0.05, 0) is 36.6 Å². The van der Waals surface area contributed by atoms with Gasteiger partial charge in [0, 0.05) is 41.5 Å². The zero-order valence-corrected chi connectivity index (χ0v) is 19.7. The van der Waals surface area contributed by atoms with Gasteiger partial charge in [0.05, 0.1) is 12.5 Å². The average Bonchev–Trinajstić information content (AvgIpc) is 2.96. The molecule has 1 aliphatic heterocycles. The van der Waals surface area contributed by atoms with Gasteiger partial charge in [-0.1, -0.05) is 24.4 Å². The van der Waals surface area contributed by atoms with Crippen LogP contribution >= 0.6 is 23.4 Å². The van der Waals surface area contributed by atoms with Crippen molar-refractivity contribution in [1.29, 1.82) is 0 Å². The van der Waals surface area contributed by atoms with E-state index in [1.54, 1.807) is 6.20 Å². The summed E-state index contributed by atoms with van der Waals surface area (Å²) in [6, 6.07) is 5.97. The topological polar surface area (TPSA) is 108 Å². The molecular formula is C20H27ClN6O2S2. The van der Waals surface area contributed by atoms with Gasteiger partial charge in [-0.3, -0.25) is 0 Å². The number of benzene rings is 1. The summed E-state index contributed by atoms with van der Waals surface area (Å²) in [5, 5.41) is 10.4. The number of nitrogens with one attached hydrogen (secondary N) is 4. The highest BCUT2D eigenvalue weighted by molar-refractivity contribution is 7.99. The highest BCUT2D eigenvalue weighted by Crippen LogP contribution is 2.30. The van der Waals surface area contributed by atoms with Crippen molar-refractivity contribution in [3.63, 3.8) is 0 Å². The molecule has 0 saturated heterocycles. The maximum absolute atomic E-state index is 11.7. The Morgan fingerprint density at radius 3 is 2.84 bits per heavy atom. The SMILES string of the molecule is CS(=O)(=O)N[C@@H]1CCCC[C@H]1Nc1nc(Nc2ccc3c(c2)CNCCS3)ncc1Cl. The number of sulfonamides is 1. The fraction of sp³-hybridized carbons (Fsp3) is 0.500. The molecule has 0 unspecified atom stereocenters. The first kappa shape index (κ1) is 22.6. The molecule has 0 spiro atoms. The van der Waals surface area contributed by atoms with E-state index in [0.717, 1.165) is 50.2 Å². The fourth-order valence-electron chi connectivity index (χ4n) is 3.95. The highest BCUT2D eigenvalue weighted by atomic mass is 35.5. The van der Waals surface area contributed by atoms with Gasteiger partial charge in [-0.2, -0.15) is 4.98 Å². The fourth-order valence-corrected chi connectivity index (χ4v) is 5.87. The van der Waals surface area contributed by atoms with Crippen LogP contribution in [-0.4, -0.2) is 49.0 Å². The first-order valence-electron chi connectivity index (χ1n) is 10.4. The minimum Gasteiger partial charge on any atom is -0.364 e. The quantitative estimate of drug-likeness (QED) is 0.496. The van der Waals surface area contributed by atoms with Crippen LogP contribution in [-0.2, 0) is 16.6 Å². The second-order valence-corrected chi connectivity index (χ2v) is 11.2. The van der Waals surface area contributed by atoms with E-state index >= 15 is 0 Å². The summed E-state index contributed by atoms with van der Waals surface area (Å²) in [5.41, 5.74) is 2.15. The van der Waals surface area contributed by atoms with Crippen LogP contribution < -0.4 is 20.7 Å². The molecule has 2 heterocycles. The summed E-state index contributed by atoms with van der Waals surface area (Å²) in [5.74, 6) is 1.99. The summed E-state index contributed by atoms with van der Waals surface area (Å²) < 4.78 is 26.2. The average molecular weight is 483 g/mol. The van der Waals surface area contributed by atoms with E-state index in [4.69, 9.17) is 11.6 Å². The van der Waals surface area contributed by atoms with Crippen molar-refractivity contribution >= 4 is 50.8 Å². The second-order valence-electron chi connectivity index (χ2n) is 7.89. The Morgan fingerprint density at radius 1 is 1.23 bits per heavy atom. The lowest BCUT2D eigenvalue weighted by Gasteiger charge is -2.32. The van der Waals surface area contributed by atoms with Crippen LogP contribution in [0.15, 0.2) is 29.3 Å². The third kappa shape index (κ3) is 6.23. The molecule has 168 valence electrons. The van der Waals surface area contributed by atoms with E-state index in [-0.39, 0.29) is 12.1 Å². The molecule has 2 aromatic rings. The van der Waals surface area contributed by atoms with Gasteiger partial charge in [0.25, 0.3) is 0 Å². The second kappa shape index (κ2) is 9.91. The van der Waals surface area contributed by atoms with Crippen molar-refractivity contribution in [3.05, 3.63) is 35.0 Å². The molecule has 1 saturated carbocycles. The predicted octanol–water partition coefficient (Wildman–Crippen LogP) is 3.34. The van der Waals surface area contributed by atoms with E-state index in [0.29, 0.717) is 16.8 Å². The molecule has 1 aliphatic carbocycles. The molecule has 11 heteroatoms. The maximum atomic E-state index is 11.7. The van der Waals surface area contributed by atoms with Gasteiger partial charge in [0.2, 0.25) is 16.0 Å². The lowest BCUT2D eigenvalue weighted by Crippen LogP contribution is -2.48. The molecule has 0 bridgehead atoms. The number of hydrogen-bond donors (Lipinski definition) is 4. The van der Waals surface area contributed by atoms with Crippen molar-refractivity contribution in [2.45, 2.75) is 49.2 Å². The largest absolute Gasteiger partial charge is 0.364 e. The van der Waals surface area contributed by atoms with E-state index < -0.39 is 10.0 Å². The van der Waals surface area contributed by atoms with Crippen LogP contribution in [0.1, 0.15) is 31.2 Å². The van der Waals surface area contributed by atoms with Gasteiger partial charge in [0.1, 0.15) is 5.02 Å². The highest BCUT2D eigenvalue weighted by Gasteiger charge is 2.28. The molecular weight excluding hydrogens is 456 g/mol. The maximum Gasteiger partial charge on any atom is 0.229 e. The van der Waals surface area contributed by atoms with Gasteiger partial charge < -0.3 is 16.0 Å². The molecule has 31 heavy (non-hydrogen) atoms. The van der Waals surface area contributed by atoms with E-state index in [2.05, 4.69) is 42.8 Å². The van der Waals surface area contributed by atoms with Gasteiger partial charge >= 0.3 is 0 Å². The Morgan fingerprint density at radius 2 is 2.03 bits per heavy atom. The Hall–Kier alpha value is -1.59. The molecule has 0 amide bonds. The van der Waals surface area contributed by atoms with Gasteiger partial charge in [0.15, 0.2) is 5.82 Å². The summed E-state index contributed by atoms with van der Waals surface area (Å²) in [6.07, 6.45) is 6.37. The molecule has 8 nitrogen and oxygen atoms in total. The summed E-state index contributed by atoms with van der Waals surface area (Å²) in [7, 11) is -3.29. The van der Waals surface area contributed by atoms with Gasteiger partial charge in [-0.25, -0.2) is 18.1 Å². The Bertz CT molecular complexity index is 1040.